The number of thioether (sulfide) groups is 1. The smallest absolute Gasteiger partial charge is 0.243 e. The molecule has 1 fully saturated rings. The fraction of sp³-hybridized carbons (Fsp3) is 0.467. The second-order valence-electron chi connectivity index (χ2n) is 5.11. The Bertz CT molecular complexity index is 564. The van der Waals surface area contributed by atoms with Crippen LogP contribution in [0.5, 0.6) is 0 Å². The number of nitrogens with zero attached hydrogens (tertiary/aromatic N) is 2. The highest BCUT2D eigenvalue weighted by Gasteiger charge is 2.20. The summed E-state index contributed by atoms with van der Waals surface area (Å²) in [5.74, 6) is 2.27. The van der Waals surface area contributed by atoms with Gasteiger partial charge in [-0.1, -0.05) is 29.8 Å². The molecule has 1 aliphatic rings. The average Bonchev–Trinajstić information content (AvgIpc) is 2.96. The van der Waals surface area contributed by atoms with Gasteiger partial charge in [0.05, 0.1) is 11.8 Å². The molecular formula is C15H19N3OS. The molecule has 2 aromatic rings. The van der Waals surface area contributed by atoms with Gasteiger partial charge < -0.3 is 9.84 Å². The number of benzene rings is 1. The van der Waals surface area contributed by atoms with Crippen LogP contribution in [0, 0.1) is 6.92 Å². The number of aromatic nitrogens is 2. The molecule has 20 heavy (non-hydrogen) atoms. The van der Waals surface area contributed by atoms with Gasteiger partial charge in [0.15, 0.2) is 5.82 Å². The minimum Gasteiger partial charge on any atom is -0.338 e. The van der Waals surface area contributed by atoms with E-state index in [1.165, 1.54) is 23.3 Å². The van der Waals surface area contributed by atoms with E-state index in [-0.39, 0.29) is 6.04 Å². The minimum absolute atomic E-state index is 0.244. The third-order valence-corrected chi connectivity index (χ3v) is 4.71. The van der Waals surface area contributed by atoms with E-state index in [0.29, 0.717) is 0 Å². The Morgan fingerprint density at radius 3 is 3.05 bits per heavy atom. The fourth-order valence-electron chi connectivity index (χ4n) is 2.39. The summed E-state index contributed by atoms with van der Waals surface area (Å²) in [4.78, 5) is 5.79. The van der Waals surface area contributed by atoms with E-state index in [1.54, 1.807) is 11.8 Å². The Balaban J connectivity index is 1.61. The van der Waals surface area contributed by atoms with Gasteiger partial charge in [0.25, 0.3) is 0 Å². The molecular weight excluding hydrogens is 270 g/mol. The van der Waals surface area contributed by atoms with Crippen molar-refractivity contribution in [3.8, 4) is 0 Å². The SMILES string of the molecule is Cc1ccccc1SCc1noc([C@H]2CCCCN2)n1. The highest BCUT2D eigenvalue weighted by molar-refractivity contribution is 7.98. The van der Waals surface area contributed by atoms with Crippen LogP contribution in [-0.4, -0.2) is 16.7 Å². The van der Waals surface area contributed by atoms with Gasteiger partial charge in [-0.3, -0.25) is 0 Å². The van der Waals surface area contributed by atoms with Gasteiger partial charge in [-0.2, -0.15) is 4.98 Å². The van der Waals surface area contributed by atoms with E-state index in [0.717, 1.165) is 30.4 Å². The Labute approximate surface area is 123 Å². The molecule has 0 saturated carbocycles. The molecule has 1 atom stereocenters. The number of hydrogen-bond acceptors (Lipinski definition) is 5. The molecule has 106 valence electrons. The van der Waals surface area contributed by atoms with Crippen LogP contribution < -0.4 is 5.32 Å². The van der Waals surface area contributed by atoms with Crippen molar-refractivity contribution < 1.29 is 4.52 Å². The summed E-state index contributed by atoms with van der Waals surface area (Å²) >= 11 is 1.75. The van der Waals surface area contributed by atoms with Crippen molar-refractivity contribution in [3.05, 3.63) is 41.5 Å². The number of nitrogens with one attached hydrogen (secondary N) is 1. The second kappa shape index (κ2) is 6.41. The maximum Gasteiger partial charge on any atom is 0.243 e. The molecule has 1 saturated heterocycles. The van der Waals surface area contributed by atoms with Gasteiger partial charge in [0.1, 0.15) is 0 Å². The average molecular weight is 289 g/mol. The zero-order valence-corrected chi connectivity index (χ0v) is 12.4. The Morgan fingerprint density at radius 2 is 2.25 bits per heavy atom. The van der Waals surface area contributed by atoms with Gasteiger partial charge in [-0.25, -0.2) is 0 Å². The lowest BCUT2D eigenvalue weighted by molar-refractivity contribution is 0.296. The maximum absolute atomic E-state index is 5.39. The first kappa shape index (κ1) is 13.6. The first-order valence-corrected chi connectivity index (χ1v) is 8.06. The first-order chi connectivity index (χ1) is 9.83. The van der Waals surface area contributed by atoms with Gasteiger partial charge in [-0.05, 0) is 37.9 Å². The van der Waals surface area contributed by atoms with Crippen molar-refractivity contribution >= 4 is 11.8 Å². The summed E-state index contributed by atoms with van der Waals surface area (Å²) in [7, 11) is 0. The summed E-state index contributed by atoms with van der Waals surface area (Å²) < 4.78 is 5.39. The Kier molecular flexibility index (Phi) is 4.38. The van der Waals surface area contributed by atoms with Gasteiger partial charge >= 0.3 is 0 Å². The Morgan fingerprint density at radius 1 is 1.35 bits per heavy atom. The van der Waals surface area contributed by atoms with Crippen LogP contribution in [0.15, 0.2) is 33.7 Å². The molecule has 4 nitrogen and oxygen atoms in total. The van der Waals surface area contributed by atoms with Crippen molar-refractivity contribution in [2.45, 2.75) is 42.9 Å². The highest BCUT2D eigenvalue weighted by atomic mass is 32.2. The summed E-state index contributed by atoms with van der Waals surface area (Å²) in [6.07, 6.45) is 3.56. The van der Waals surface area contributed by atoms with Crippen molar-refractivity contribution in [3.63, 3.8) is 0 Å². The Hall–Kier alpha value is -1.33. The molecule has 0 unspecified atom stereocenters. The summed E-state index contributed by atoms with van der Waals surface area (Å²) in [5, 5.41) is 7.52. The highest BCUT2D eigenvalue weighted by Crippen LogP contribution is 2.26. The van der Waals surface area contributed by atoms with E-state index in [9.17, 15) is 0 Å². The summed E-state index contributed by atoms with van der Waals surface area (Å²) in [5.41, 5.74) is 1.29. The molecule has 5 heteroatoms. The zero-order chi connectivity index (χ0) is 13.8. The van der Waals surface area contributed by atoms with Crippen LogP contribution in [0.3, 0.4) is 0 Å². The number of aryl methyl sites for hydroxylation is 1. The van der Waals surface area contributed by atoms with Gasteiger partial charge in [0, 0.05) is 4.90 Å². The molecule has 3 rings (SSSR count). The topological polar surface area (TPSA) is 51.0 Å². The van der Waals surface area contributed by atoms with E-state index < -0.39 is 0 Å². The molecule has 0 radical (unpaired) electrons. The third-order valence-electron chi connectivity index (χ3n) is 3.54. The quantitative estimate of drug-likeness (QED) is 0.873. The number of rotatable bonds is 4. The second-order valence-corrected chi connectivity index (χ2v) is 6.12. The van der Waals surface area contributed by atoms with E-state index in [2.05, 4.69) is 46.6 Å². The lowest BCUT2D eigenvalue weighted by Crippen LogP contribution is -2.26. The molecule has 1 aromatic heterocycles. The van der Waals surface area contributed by atoms with Crippen LogP contribution in [0.1, 0.15) is 42.6 Å². The van der Waals surface area contributed by atoms with Crippen LogP contribution in [0.25, 0.3) is 0 Å². The van der Waals surface area contributed by atoms with Crippen molar-refractivity contribution in [1.82, 2.24) is 15.5 Å². The predicted octanol–water partition coefficient (Wildman–Crippen LogP) is 3.48. The van der Waals surface area contributed by atoms with E-state index in [1.807, 2.05) is 0 Å². The third kappa shape index (κ3) is 3.22. The van der Waals surface area contributed by atoms with Crippen LogP contribution in [-0.2, 0) is 5.75 Å². The van der Waals surface area contributed by atoms with E-state index >= 15 is 0 Å². The van der Waals surface area contributed by atoms with Gasteiger partial charge in [0.2, 0.25) is 5.89 Å². The summed E-state index contributed by atoms with van der Waals surface area (Å²) in [6.45, 7) is 3.16. The standard InChI is InChI=1S/C15H19N3OS/c1-11-6-2-3-8-13(11)20-10-14-17-15(19-18-14)12-7-4-5-9-16-12/h2-3,6,8,12,16H,4-5,7,9-10H2,1H3/t12-/m1/s1. The lowest BCUT2D eigenvalue weighted by Gasteiger charge is -2.19. The van der Waals surface area contributed by atoms with Crippen LogP contribution >= 0.6 is 11.8 Å². The van der Waals surface area contributed by atoms with Crippen molar-refractivity contribution in [1.29, 1.82) is 0 Å². The fourth-order valence-corrected chi connectivity index (χ4v) is 3.26. The zero-order valence-electron chi connectivity index (χ0n) is 11.6. The molecule has 0 amide bonds. The summed E-state index contributed by atoms with van der Waals surface area (Å²) in [6, 6.07) is 8.61. The molecule has 1 aliphatic heterocycles. The number of hydrogen-bond donors (Lipinski definition) is 1. The minimum atomic E-state index is 0.244. The normalized spacial score (nSPS) is 19.1. The molecule has 0 spiro atoms. The molecule has 0 bridgehead atoms. The predicted molar refractivity (Wildman–Crippen MR) is 79.6 cm³/mol. The first-order valence-electron chi connectivity index (χ1n) is 7.07. The van der Waals surface area contributed by atoms with Crippen molar-refractivity contribution in [2.24, 2.45) is 0 Å². The largest absolute Gasteiger partial charge is 0.338 e. The molecule has 2 heterocycles. The van der Waals surface area contributed by atoms with Crippen molar-refractivity contribution in [2.75, 3.05) is 6.54 Å². The maximum atomic E-state index is 5.39. The lowest BCUT2D eigenvalue weighted by atomic mass is 10.1. The molecule has 1 aromatic carbocycles. The van der Waals surface area contributed by atoms with Crippen LogP contribution in [0.4, 0.5) is 0 Å². The van der Waals surface area contributed by atoms with Gasteiger partial charge in [-0.15, -0.1) is 11.8 Å². The molecule has 0 aliphatic carbocycles. The van der Waals surface area contributed by atoms with E-state index in [4.69, 9.17) is 4.52 Å². The number of piperidine rings is 1. The monoisotopic (exact) mass is 289 g/mol. The molecule has 1 N–H and O–H groups in total. The van der Waals surface area contributed by atoms with Crippen LogP contribution in [0.2, 0.25) is 0 Å².